The van der Waals surface area contributed by atoms with E-state index in [4.69, 9.17) is 5.11 Å². The first kappa shape index (κ1) is 9.16. The van der Waals surface area contributed by atoms with Crippen LogP contribution in [-0.2, 0) is 6.42 Å². The zero-order valence-electron chi connectivity index (χ0n) is 7.01. The molecule has 0 aliphatic rings. The zero-order valence-corrected chi connectivity index (χ0v) is 7.01. The van der Waals surface area contributed by atoms with Gasteiger partial charge in [0.15, 0.2) is 0 Å². The molecular formula is C9H13NO2. The maximum absolute atomic E-state index is 9.30. The Hall–Kier alpha value is -0.930. The summed E-state index contributed by atoms with van der Waals surface area (Å²) >= 11 is 0. The van der Waals surface area contributed by atoms with Crippen LogP contribution in [-0.4, -0.2) is 27.4 Å². The lowest BCUT2D eigenvalue weighted by Gasteiger charge is -2.12. The minimum Gasteiger partial charge on any atom is -0.391 e. The molecule has 0 amide bonds. The van der Waals surface area contributed by atoms with Crippen molar-refractivity contribution in [3.8, 4) is 0 Å². The quantitative estimate of drug-likeness (QED) is 0.683. The minimum absolute atomic E-state index is 0.450. The van der Waals surface area contributed by atoms with Crippen molar-refractivity contribution in [2.24, 2.45) is 0 Å². The van der Waals surface area contributed by atoms with E-state index in [1.54, 1.807) is 19.3 Å². The third-order valence-corrected chi connectivity index (χ3v) is 1.72. The Labute approximate surface area is 71.7 Å². The highest BCUT2D eigenvalue weighted by Gasteiger charge is 2.10. The number of aromatic nitrogens is 1. The number of aliphatic hydroxyl groups excluding tert-OH is 2. The topological polar surface area (TPSA) is 53.4 Å². The smallest absolute Gasteiger partial charge is 0.0837 e. The van der Waals surface area contributed by atoms with E-state index in [0.717, 1.165) is 5.56 Å². The second-order valence-electron chi connectivity index (χ2n) is 2.87. The van der Waals surface area contributed by atoms with Crippen molar-refractivity contribution in [1.82, 2.24) is 4.98 Å². The monoisotopic (exact) mass is 167 g/mol. The fourth-order valence-electron chi connectivity index (χ4n) is 0.931. The molecule has 1 aromatic heterocycles. The highest BCUT2D eigenvalue weighted by molar-refractivity contribution is 5.09. The molecule has 12 heavy (non-hydrogen) atoms. The van der Waals surface area contributed by atoms with Crippen LogP contribution in [0.4, 0.5) is 0 Å². The summed E-state index contributed by atoms with van der Waals surface area (Å²) in [4.78, 5) is 3.90. The van der Waals surface area contributed by atoms with E-state index in [2.05, 4.69) is 4.98 Å². The molecule has 0 aliphatic carbocycles. The van der Waals surface area contributed by atoms with E-state index in [1.807, 2.05) is 12.1 Å². The van der Waals surface area contributed by atoms with Crippen LogP contribution in [0, 0.1) is 0 Å². The van der Waals surface area contributed by atoms with Crippen LogP contribution in [0.2, 0.25) is 0 Å². The third-order valence-electron chi connectivity index (χ3n) is 1.72. The highest BCUT2D eigenvalue weighted by Crippen LogP contribution is 2.03. The first-order valence-electron chi connectivity index (χ1n) is 3.95. The van der Waals surface area contributed by atoms with Gasteiger partial charge in [0.25, 0.3) is 0 Å². The van der Waals surface area contributed by atoms with E-state index >= 15 is 0 Å². The molecule has 1 heterocycles. The van der Waals surface area contributed by atoms with Gasteiger partial charge in [-0.15, -0.1) is 0 Å². The second kappa shape index (κ2) is 4.18. The van der Waals surface area contributed by atoms with Crippen LogP contribution in [0.1, 0.15) is 12.5 Å². The number of hydrogen-bond acceptors (Lipinski definition) is 3. The van der Waals surface area contributed by atoms with Gasteiger partial charge in [-0.1, -0.05) is 6.07 Å². The maximum Gasteiger partial charge on any atom is 0.0837 e. The zero-order chi connectivity index (χ0) is 8.97. The van der Waals surface area contributed by atoms with Crippen LogP contribution in [0.15, 0.2) is 24.5 Å². The molecule has 1 aromatic rings. The minimum atomic E-state index is -0.700. The molecule has 2 atom stereocenters. The summed E-state index contributed by atoms with van der Waals surface area (Å²) < 4.78 is 0. The molecule has 0 aliphatic heterocycles. The Morgan fingerprint density at radius 1 is 1.50 bits per heavy atom. The van der Waals surface area contributed by atoms with E-state index in [-0.39, 0.29) is 0 Å². The number of pyridine rings is 1. The van der Waals surface area contributed by atoms with Gasteiger partial charge in [0.2, 0.25) is 0 Å². The van der Waals surface area contributed by atoms with Crippen LogP contribution in [0.5, 0.6) is 0 Å². The highest BCUT2D eigenvalue weighted by atomic mass is 16.3. The number of aliphatic hydroxyl groups is 2. The molecular weight excluding hydrogens is 154 g/mol. The maximum atomic E-state index is 9.30. The van der Waals surface area contributed by atoms with Gasteiger partial charge in [-0.25, -0.2) is 0 Å². The number of rotatable bonds is 3. The molecule has 2 unspecified atom stereocenters. The van der Waals surface area contributed by atoms with E-state index in [0.29, 0.717) is 6.42 Å². The largest absolute Gasteiger partial charge is 0.391 e. The Morgan fingerprint density at radius 3 is 2.75 bits per heavy atom. The van der Waals surface area contributed by atoms with Crippen LogP contribution in [0.25, 0.3) is 0 Å². The molecule has 0 saturated carbocycles. The van der Waals surface area contributed by atoms with E-state index in [1.165, 1.54) is 0 Å². The summed E-state index contributed by atoms with van der Waals surface area (Å²) in [7, 11) is 0. The fourth-order valence-corrected chi connectivity index (χ4v) is 0.931. The summed E-state index contributed by atoms with van der Waals surface area (Å²) in [5.74, 6) is 0. The predicted molar refractivity (Wildman–Crippen MR) is 45.6 cm³/mol. The molecule has 0 saturated heterocycles. The van der Waals surface area contributed by atoms with Crippen molar-refractivity contribution in [1.29, 1.82) is 0 Å². The van der Waals surface area contributed by atoms with Gasteiger partial charge in [0.1, 0.15) is 0 Å². The molecule has 0 radical (unpaired) electrons. The lowest BCUT2D eigenvalue weighted by Crippen LogP contribution is -2.24. The van der Waals surface area contributed by atoms with Gasteiger partial charge in [-0.3, -0.25) is 4.98 Å². The summed E-state index contributed by atoms with van der Waals surface area (Å²) in [6.07, 6.45) is 2.43. The Kier molecular flexibility index (Phi) is 3.19. The molecule has 3 heteroatoms. The van der Waals surface area contributed by atoms with Crippen LogP contribution < -0.4 is 0 Å². The first-order valence-corrected chi connectivity index (χ1v) is 3.95. The van der Waals surface area contributed by atoms with Crippen molar-refractivity contribution in [3.05, 3.63) is 30.1 Å². The Balaban J connectivity index is 2.53. The summed E-state index contributed by atoms with van der Waals surface area (Å²) in [5, 5.41) is 18.3. The van der Waals surface area contributed by atoms with Crippen LogP contribution in [0.3, 0.4) is 0 Å². The summed E-state index contributed by atoms with van der Waals surface area (Å²) in [6.45, 7) is 1.57. The molecule has 0 fully saturated rings. The standard InChI is InChI=1S/C9H13NO2/c1-7(11)9(12)5-8-3-2-4-10-6-8/h2-4,6-7,9,11-12H,5H2,1H3. The average molecular weight is 167 g/mol. The van der Waals surface area contributed by atoms with Gasteiger partial charge >= 0.3 is 0 Å². The average Bonchev–Trinajstić information content (AvgIpc) is 2.06. The second-order valence-corrected chi connectivity index (χ2v) is 2.87. The lowest BCUT2D eigenvalue weighted by molar-refractivity contribution is 0.0319. The van der Waals surface area contributed by atoms with Crippen molar-refractivity contribution in [3.63, 3.8) is 0 Å². The van der Waals surface area contributed by atoms with Crippen molar-refractivity contribution in [2.75, 3.05) is 0 Å². The lowest BCUT2D eigenvalue weighted by atomic mass is 10.1. The number of hydrogen-bond donors (Lipinski definition) is 2. The predicted octanol–water partition coefficient (Wildman–Crippen LogP) is 0.366. The van der Waals surface area contributed by atoms with E-state index in [9.17, 15) is 5.11 Å². The van der Waals surface area contributed by atoms with Crippen molar-refractivity contribution < 1.29 is 10.2 Å². The Morgan fingerprint density at radius 2 is 2.25 bits per heavy atom. The summed E-state index contributed by atoms with van der Waals surface area (Å²) in [6, 6.07) is 3.68. The molecule has 66 valence electrons. The van der Waals surface area contributed by atoms with Crippen molar-refractivity contribution in [2.45, 2.75) is 25.6 Å². The molecule has 0 spiro atoms. The van der Waals surface area contributed by atoms with Gasteiger partial charge in [0.05, 0.1) is 12.2 Å². The van der Waals surface area contributed by atoms with E-state index < -0.39 is 12.2 Å². The number of nitrogens with zero attached hydrogens (tertiary/aromatic N) is 1. The molecule has 2 N–H and O–H groups in total. The van der Waals surface area contributed by atoms with Crippen molar-refractivity contribution >= 4 is 0 Å². The molecule has 3 nitrogen and oxygen atoms in total. The third kappa shape index (κ3) is 2.60. The van der Waals surface area contributed by atoms with Gasteiger partial charge < -0.3 is 10.2 Å². The summed E-state index contributed by atoms with van der Waals surface area (Å²) in [5.41, 5.74) is 0.936. The van der Waals surface area contributed by atoms with Gasteiger partial charge in [-0.05, 0) is 18.6 Å². The normalized spacial score (nSPS) is 15.6. The molecule has 0 bridgehead atoms. The Bertz CT molecular complexity index is 223. The first-order chi connectivity index (χ1) is 5.70. The molecule has 0 aromatic carbocycles. The van der Waals surface area contributed by atoms with Gasteiger partial charge in [-0.2, -0.15) is 0 Å². The fraction of sp³-hybridized carbons (Fsp3) is 0.444. The SMILES string of the molecule is CC(O)C(O)Cc1cccnc1. The molecule has 1 rings (SSSR count). The van der Waals surface area contributed by atoms with Crippen LogP contribution >= 0.6 is 0 Å². The van der Waals surface area contributed by atoms with Gasteiger partial charge in [0, 0.05) is 18.8 Å².